The highest BCUT2D eigenvalue weighted by Crippen LogP contribution is 2.36. The Morgan fingerprint density at radius 3 is 2.80 bits per heavy atom. The summed E-state index contributed by atoms with van der Waals surface area (Å²) in [6.07, 6.45) is 9.86. The van der Waals surface area contributed by atoms with E-state index in [0.717, 1.165) is 25.7 Å². The second-order valence-electron chi connectivity index (χ2n) is 5.84. The predicted molar refractivity (Wildman–Crippen MR) is 75.9 cm³/mol. The Morgan fingerprint density at radius 2 is 2.00 bits per heavy atom. The lowest BCUT2D eigenvalue weighted by atomic mass is 9.88. The Bertz CT molecular complexity index is 388. The first-order valence-corrected chi connectivity index (χ1v) is 7.49. The fourth-order valence-corrected chi connectivity index (χ4v) is 3.13. The lowest BCUT2D eigenvalue weighted by Gasteiger charge is -2.23. The van der Waals surface area contributed by atoms with E-state index in [4.69, 9.17) is 4.74 Å². The second kappa shape index (κ2) is 7.04. The van der Waals surface area contributed by atoms with E-state index >= 15 is 0 Å². The van der Waals surface area contributed by atoms with Crippen LogP contribution in [0.5, 0.6) is 0 Å². The third-order valence-corrected chi connectivity index (χ3v) is 4.24. The van der Waals surface area contributed by atoms with Crippen molar-refractivity contribution in [2.75, 3.05) is 0 Å². The molecule has 0 spiro atoms. The summed E-state index contributed by atoms with van der Waals surface area (Å²) in [6.45, 7) is 1.88. The molecule has 1 heterocycles. The SMILES string of the molecule is C[C@H]1CCC/C=C/[C@@H]2CC[C@H](O)[C@H]2[C@H](O)/C=C/C(=O)O1. The van der Waals surface area contributed by atoms with Gasteiger partial charge in [-0.15, -0.1) is 0 Å². The van der Waals surface area contributed by atoms with Gasteiger partial charge in [-0.2, -0.15) is 0 Å². The van der Waals surface area contributed by atoms with Crippen LogP contribution in [0.3, 0.4) is 0 Å². The number of esters is 1. The van der Waals surface area contributed by atoms with Gasteiger partial charge in [0.1, 0.15) is 0 Å². The molecule has 0 aromatic carbocycles. The molecule has 20 heavy (non-hydrogen) atoms. The number of cyclic esters (lactones) is 1. The van der Waals surface area contributed by atoms with Crippen molar-refractivity contribution >= 4 is 5.97 Å². The Balaban J connectivity index is 2.13. The van der Waals surface area contributed by atoms with Gasteiger partial charge in [0, 0.05) is 12.0 Å². The van der Waals surface area contributed by atoms with Crippen molar-refractivity contribution in [1.82, 2.24) is 0 Å². The number of allylic oxidation sites excluding steroid dienone is 2. The lowest BCUT2D eigenvalue weighted by molar-refractivity contribution is -0.142. The fourth-order valence-electron chi connectivity index (χ4n) is 3.13. The summed E-state index contributed by atoms with van der Waals surface area (Å²) in [5.74, 6) is -0.472. The minimum Gasteiger partial charge on any atom is -0.460 e. The summed E-state index contributed by atoms with van der Waals surface area (Å²) in [5, 5.41) is 20.2. The van der Waals surface area contributed by atoms with Crippen LogP contribution in [0.1, 0.15) is 39.0 Å². The number of aliphatic hydroxyl groups excluding tert-OH is 2. The standard InChI is InChI=1S/C16H24O4/c1-11-5-3-2-4-6-12-7-8-13(17)16(12)14(18)9-10-15(19)20-11/h4,6,9-14,16-18H,2-3,5,7-8H2,1H3/b6-4+,10-9+/t11-,12+,13-,14+,16-/m0/s1. The number of aliphatic hydroxyl groups is 2. The molecule has 1 aliphatic heterocycles. The minimum absolute atomic E-state index is 0.108. The van der Waals surface area contributed by atoms with Gasteiger partial charge in [0.15, 0.2) is 0 Å². The van der Waals surface area contributed by atoms with E-state index in [1.807, 2.05) is 6.92 Å². The quantitative estimate of drug-likeness (QED) is 0.526. The largest absolute Gasteiger partial charge is 0.460 e. The first-order chi connectivity index (χ1) is 9.58. The zero-order valence-electron chi connectivity index (χ0n) is 11.9. The van der Waals surface area contributed by atoms with E-state index in [2.05, 4.69) is 12.2 Å². The third kappa shape index (κ3) is 3.93. The first kappa shape index (κ1) is 15.3. The van der Waals surface area contributed by atoms with Crippen LogP contribution in [-0.2, 0) is 9.53 Å². The molecule has 2 rings (SSSR count). The van der Waals surface area contributed by atoms with Gasteiger partial charge in [-0.3, -0.25) is 0 Å². The van der Waals surface area contributed by atoms with Crippen molar-refractivity contribution in [2.45, 2.75) is 57.3 Å². The van der Waals surface area contributed by atoms with Crippen LogP contribution >= 0.6 is 0 Å². The van der Waals surface area contributed by atoms with Gasteiger partial charge in [-0.1, -0.05) is 12.2 Å². The van der Waals surface area contributed by atoms with Crippen molar-refractivity contribution in [2.24, 2.45) is 11.8 Å². The summed E-state index contributed by atoms with van der Waals surface area (Å²) in [7, 11) is 0. The molecule has 0 bridgehead atoms. The molecular formula is C16H24O4. The zero-order chi connectivity index (χ0) is 14.5. The van der Waals surface area contributed by atoms with Crippen LogP contribution < -0.4 is 0 Å². The number of fused-ring (bicyclic) bond motifs is 1. The normalized spacial score (nSPS) is 42.5. The molecule has 4 nitrogen and oxygen atoms in total. The molecule has 112 valence electrons. The maximum absolute atomic E-state index is 11.6. The van der Waals surface area contributed by atoms with Gasteiger partial charge in [0.25, 0.3) is 0 Å². The molecule has 2 aliphatic rings. The molecule has 4 heteroatoms. The van der Waals surface area contributed by atoms with Crippen LogP contribution in [-0.4, -0.2) is 34.5 Å². The van der Waals surface area contributed by atoms with Crippen LogP contribution in [0.2, 0.25) is 0 Å². The highest BCUT2D eigenvalue weighted by molar-refractivity contribution is 5.82. The van der Waals surface area contributed by atoms with Crippen LogP contribution in [0.4, 0.5) is 0 Å². The Morgan fingerprint density at radius 1 is 1.20 bits per heavy atom. The summed E-state index contributed by atoms with van der Waals surface area (Å²) in [6, 6.07) is 0. The third-order valence-electron chi connectivity index (χ3n) is 4.24. The van der Waals surface area contributed by atoms with Crippen molar-refractivity contribution in [3.8, 4) is 0 Å². The van der Waals surface area contributed by atoms with Gasteiger partial charge in [-0.05, 0) is 51.0 Å². The van der Waals surface area contributed by atoms with Gasteiger partial charge >= 0.3 is 5.97 Å². The molecule has 1 saturated carbocycles. The molecule has 0 radical (unpaired) electrons. The summed E-state index contributed by atoms with van der Waals surface area (Å²) >= 11 is 0. The molecule has 1 aliphatic carbocycles. The highest BCUT2D eigenvalue weighted by atomic mass is 16.5. The summed E-state index contributed by atoms with van der Waals surface area (Å²) in [4.78, 5) is 11.6. The van der Waals surface area contributed by atoms with Gasteiger partial charge in [0.05, 0.1) is 18.3 Å². The smallest absolute Gasteiger partial charge is 0.330 e. The van der Waals surface area contributed by atoms with E-state index in [1.165, 1.54) is 12.2 Å². The van der Waals surface area contributed by atoms with E-state index < -0.39 is 18.2 Å². The minimum atomic E-state index is -0.814. The van der Waals surface area contributed by atoms with Crippen molar-refractivity contribution in [3.05, 3.63) is 24.3 Å². The number of carbonyl (C=O) groups excluding carboxylic acids is 1. The van der Waals surface area contributed by atoms with Gasteiger partial charge < -0.3 is 14.9 Å². The monoisotopic (exact) mass is 280 g/mol. The molecule has 0 unspecified atom stereocenters. The molecule has 1 fully saturated rings. The van der Waals surface area contributed by atoms with E-state index in [-0.39, 0.29) is 17.9 Å². The Kier molecular flexibility index (Phi) is 5.38. The number of carbonyl (C=O) groups is 1. The Labute approximate surface area is 120 Å². The van der Waals surface area contributed by atoms with Crippen molar-refractivity contribution < 1.29 is 19.7 Å². The molecule has 2 N–H and O–H groups in total. The molecule has 0 aromatic rings. The van der Waals surface area contributed by atoms with Gasteiger partial charge in [-0.25, -0.2) is 4.79 Å². The van der Waals surface area contributed by atoms with Crippen LogP contribution in [0.15, 0.2) is 24.3 Å². The van der Waals surface area contributed by atoms with E-state index in [0.29, 0.717) is 6.42 Å². The van der Waals surface area contributed by atoms with E-state index in [9.17, 15) is 15.0 Å². The number of ether oxygens (including phenoxy) is 1. The van der Waals surface area contributed by atoms with Crippen molar-refractivity contribution in [1.29, 1.82) is 0 Å². The number of hydrogen-bond donors (Lipinski definition) is 2. The average molecular weight is 280 g/mol. The predicted octanol–water partition coefficient (Wildman–Crippen LogP) is 1.96. The Hall–Kier alpha value is -1.13. The average Bonchev–Trinajstić information content (AvgIpc) is 2.76. The molecule has 0 aromatic heterocycles. The molecule has 0 saturated heterocycles. The second-order valence-corrected chi connectivity index (χ2v) is 5.84. The fraction of sp³-hybridized carbons (Fsp3) is 0.688. The topological polar surface area (TPSA) is 66.8 Å². The number of rotatable bonds is 0. The first-order valence-electron chi connectivity index (χ1n) is 7.49. The molecular weight excluding hydrogens is 256 g/mol. The van der Waals surface area contributed by atoms with Crippen LogP contribution in [0.25, 0.3) is 0 Å². The highest BCUT2D eigenvalue weighted by Gasteiger charge is 2.37. The van der Waals surface area contributed by atoms with Crippen LogP contribution in [0, 0.1) is 11.8 Å². The van der Waals surface area contributed by atoms with Crippen molar-refractivity contribution in [3.63, 3.8) is 0 Å². The zero-order valence-corrected chi connectivity index (χ0v) is 11.9. The maximum Gasteiger partial charge on any atom is 0.330 e. The molecule has 0 amide bonds. The molecule has 5 atom stereocenters. The summed E-state index contributed by atoms with van der Waals surface area (Å²) in [5.41, 5.74) is 0. The van der Waals surface area contributed by atoms with Gasteiger partial charge in [0.2, 0.25) is 0 Å². The summed E-state index contributed by atoms with van der Waals surface area (Å²) < 4.78 is 5.23. The maximum atomic E-state index is 11.6. The number of hydrogen-bond acceptors (Lipinski definition) is 4. The lowest BCUT2D eigenvalue weighted by Crippen LogP contribution is -2.30. The van der Waals surface area contributed by atoms with E-state index in [1.54, 1.807) is 0 Å².